The maximum atomic E-state index is 12.1. The number of ether oxygens (including phenoxy) is 2. The summed E-state index contributed by atoms with van der Waals surface area (Å²) in [6.07, 6.45) is 1.38. The van der Waals surface area contributed by atoms with Gasteiger partial charge in [0.15, 0.2) is 0 Å². The Balaban J connectivity index is 2.00. The molecule has 0 bridgehead atoms. The molecule has 0 aliphatic rings. The van der Waals surface area contributed by atoms with E-state index < -0.39 is 23.1 Å². The van der Waals surface area contributed by atoms with Crippen molar-refractivity contribution in [2.45, 2.75) is 39.5 Å². The molecule has 0 saturated heterocycles. The predicted octanol–water partition coefficient (Wildman–Crippen LogP) is 2.55. The minimum Gasteiger partial charge on any atom is -0.459 e. The summed E-state index contributed by atoms with van der Waals surface area (Å²) in [4.78, 5) is 35.9. The van der Waals surface area contributed by atoms with Crippen molar-refractivity contribution in [3.8, 4) is 0 Å². The highest BCUT2D eigenvalue weighted by atomic mass is 16.6. The Morgan fingerprint density at radius 2 is 1.76 bits per heavy atom. The van der Waals surface area contributed by atoms with E-state index in [1.165, 1.54) is 16.8 Å². The van der Waals surface area contributed by atoms with Crippen molar-refractivity contribution in [1.82, 2.24) is 4.57 Å². The van der Waals surface area contributed by atoms with Crippen molar-refractivity contribution in [2.24, 2.45) is 0 Å². The van der Waals surface area contributed by atoms with Crippen LogP contribution in [0.15, 0.2) is 53.5 Å². The SMILES string of the molecule is CC(C)(C)OC(=O)Cn1ccc(C(=O)OCc2ccccc2)cc1=O. The van der Waals surface area contributed by atoms with Crippen LogP contribution in [0.3, 0.4) is 0 Å². The Labute approximate surface area is 146 Å². The zero-order valence-corrected chi connectivity index (χ0v) is 14.5. The molecule has 0 amide bonds. The number of hydrogen-bond donors (Lipinski definition) is 0. The van der Waals surface area contributed by atoms with Crippen molar-refractivity contribution in [3.05, 3.63) is 70.1 Å². The van der Waals surface area contributed by atoms with Gasteiger partial charge in [-0.15, -0.1) is 0 Å². The van der Waals surface area contributed by atoms with Gasteiger partial charge in [0, 0.05) is 12.3 Å². The Morgan fingerprint density at radius 1 is 1.08 bits per heavy atom. The number of carbonyl (C=O) groups is 2. The van der Waals surface area contributed by atoms with Crippen LogP contribution >= 0.6 is 0 Å². The molecule has 1 aromatic carbocycles. The van der Waals surface area contributed by atoms with Gasteiger partial charge in [-0.2, -0.15) is 0 Å². The van der Waals surface area contributed by atoms with Crippen molar-refractivity contribution in [1.29, 1.82) is 0 Å². The standard InChI is InChI=1S/C19H21NO5/c1-19(2,3)25-17(22)12-20-10-9-15(11-16(20)21)18(23)24-13-14-7-5-4-6-8-14/h4-11H,12-13H2,1-3H3. The van der Waals surface area contributed by atoms with Gasteiger partial charge < -0.3 is 14.0 Å². The Morgan fingerprint density at radius 3 is 2.36 bits per heavy atom. The zero-order chi connectivity index (χ0) is 18.4. The molecule has 2 aromatic rings. The number of esters is 2. The molecule has 25 heavy (non-hydrogen) atoms. The van der Waals surface area contributed by atoms with E-state index in [1.807, 2.05) is 30.3 Å². The smallest absolute Gasteiger partial charge is 0.338 e. The summed E-state index contributed by atoms with van der Waals surface area (Å²) in [7, 11) is 0. The van der Waals surface area contributed by atoms with Crippen molar-refractivity contribution >= 4 is 11.9 Å². The fourth-order valence-corrected chi connectivity index (χ4v) is 2.08. The van der Waals surface area contributed by atoms with E-state index in [4.69, 9.17) is 9.47 Å². The van der Waals surface area contributed by atoms with Crippen LogP contribution in [0.1, 0.15) is 36.7 Å². The molecule has 0 aliphatic heterocycles. The van der Waals surface area contributed by atoms with Gasteiger partial charge in [0.05, 0.1) is 5.56 Å². The molecule has 2 rings (SSSR count). The normalized spacial score (nSPS) is 11.0. The van der Waals surface area contributed by atoms with Gasteiger partial charge in [-0.1, -0.05) is 30.3 Å². The van der Waals surface area contributed by atoms with E-state index in [-0.39, 0.29) is 18.7 Å². The Kier molecular flexibility index (Phi) is 5.75. The topological polar surface area (TPSA) is 74.6 Å². The van der Waals surface area contributed by atoms with Gasteiger partial charge in [-0.25, -0.2) is 4.79 Å². The molecule has 0 unspecified atom stereocenters. The molecule has 6 heteroatoms. The molecule has 132 valence electrons. The van der Waals surface area contributed by atoms with Crippen LogP contribution in [-0.4, -0.2) is 22.1 Å². The highest BCUT2D eigenvalue weighted by Gasteiger charge is 2.17. The predicted molar refractivity (Wildman–Crippen MR) is 92.1 cm³/mol. The van der Waals surface area contributed by atoms with Gasteiger partial charge in [-0.05, 0) is 32.4 Å². The van der Waals surface area contributed by atoms with E-state index in [0.29, 0.717) is 0 Å². The molecule has 0 atom stereocenters. The van der Waals surface area contributed by atoms with Crippen LogP contribution in [0.25, 0.3) is 0 Å². The second-order valence-electron chi connectivity index (χ2n) is 6.53. The second-order valence-corrected chi connectivity index (χ2v) is 6.53. The second kappa shape index (κ2) is 7.79. The van der Waals surface area contributed by atoms with E-state index in [0.717, 1.165) is 11.6 Å². The highest BCUT2D eigenvalue weighted by molar-refractivity contribution is 5.89. The summed E-state index contributed by atoms with van der Waals surface area (Å²) in [6.45, 7) is 5.16. The summed E-state index contributed by atoms with van der Waals surface area (Å²) >= 11 is 0. The van der Waals surface area contributed by atoms with Crippen molar-refractivity contribution < 1.29 is 19.1 Å². The summed E-state index contributed by atoms with van der Waals surface area (Å²) in [5.74, 6) is -1.11. The Bertz CT molecular complexity index is 803. The number of hydrogen-bond acceptors (Lipinski definition) is 5. The third-order valence-electron chi connectivity index (χ3n) is 3.16. The van der Waals surface area contributed by atoms with Crippen LogP contribution < -0.4 is 5.56 Å². The fourth-order valence-electron chi connectivity index (χ4n) is 2.08. The van der Waals surface area contributed by atoms with Gasteiger partial charge in [-0.3, -0.25) is 9.59 Å². The van der Waals surface area contributed by atoms with Crippen LogP contribution in [0.2, 0.25) is 0 Å². The molecule has 0 N–H and O–H groups in total. The van der Waals surface area contributed by atoms with Crippen LogP contribution in [0, 0.1) is 0 Å². The molecule has 0 aliphatic carbocycles. The lowest BCUT2D eigenvalue weighted by Crippen LogP contribution is -2.30. The third kappa shape index (κ3) is 5.91. The first-order valence-electron chi connectivity index (χ1n) is 7.88. The zero-order valence-electron chi connectivity index (χ0n) is 14.5. The molecule has 6 nitrogen and oxygen atoms in total. The number of rotatable bonds is 5. The van der Waals surface area contributed by atoms with Crippen molar-refractivity contribution in [3.63, 3.8) is 0 Å². The third-order valence-corrected chi connectivity index (χ3v) is 3.16. The first kappa shape index (κ1) is 18.4. The summed E-state index contributed by atoms with van der Waals surface area (Å²) < 4.78 is 11.5. The van der Waals surface area contributed by atoms with Crippen LogP contribution in [-0.2, 0) is 27.4 Å². The minimum atomic E-state index is -0.623. The maximum Gasteiger partial charge on any atom is 0.338 e. The fraction of sp³-hybridized carbons (Fsp3) is 0.316. The molecular formula is C19H21NO5. The van der Waals surface area contributed by atoms with Gasteiger partial charge in [0.25, 0.3) is 5.56 Å². The lowest BCUT2D eigenvalue weighted by atomic mass is 10.2. The average Bonchev–Trinajstić information content (AvgIpc) is 2.53. The number of benzene rings is 1. The van der Waals surface area contributed by atoms with Crippen molar-refractivity contribution in [2.75, 3.05) is 0 Å². The molecule has 0 saturated carbocycles. The summed E-state index contributed by atoms with van der Waals surface area (Å²) in [6, 6.07) is 11.8. The van der Waals surface area contributed by atoms with Gasteiger partial charge in [0.1, 0.15) is 18.8 Å². The summed E-state index contributed by atoms with van der Waals surface area (Å²) in [5, 5.41) is 0. The minimum absolute atomic E-state index is 0.126. The lowest BCUT2D eigenvalue weighted by Gasteiger charge is -2.19. The number of carbonyl (C=O) groups excluding carboxylic acids is 2. The first-order valence-corrected chi connectivity index (χ1v) is 7.88. The molecular weight excluding hydrogens is 322 g/mol. The first-order chi connectivity index (χ1) is 11.7. The molecule has 1 aromatic heterocycles. The number of aromatic nitrogens is 1. The van der Waals surface area contributed by atoms with E-state index in [1.54, 1.807) is 20.8 Å². The quantitative estimate of drug-likeness (QED) is 0.780. The number of pyridine rings is 1. The van der Waals surface area contributed by atoms with E-state index in [9.17, 15) is 14.4 Å². The molecule has 0 spiro atoms. The number of nitrogens with zero attached hydrogens (tertiary/aromatic N) is 1. The summed E-state index contributed by atoms with van der Waals surface area (Å²) in [5.41, 5.74) is -0.0995. The maximum absolute atomic E-state index is 12.1. The molecule has 1 heterocycles. The van der Waals surface area contributed by atoms with Crippen LogP contribution in [0.4, 0.5) is 0 Å². The lowest BCUT2D eigenvalue weighted by molar-refractivity contribution is -0.155. The highest BCUT2D eigenvalue weighted by Crippen LogP contribution is 2.08. The van der Waals surface area contributed by atoms with E-state index >= 15 is 0 Å². The Hall–Kier alpha value is -2.89. The van der Waals surface area contributed by atoms with Gasteiger partial charge in [0.2, 0.25) is 0 Å². The van der Waals surface area contributed by atoms with E-state index in [2.05, 4.69) is 0 Å². The molecule has 0 fully saturated rings. The largest absolute Gasteiger partial charge is 0.459 e. The van der Waals surface area contributed by atoms with Gasteiger partial charge >= 0.3 is 11.9 Å². The molecule has 0 radical (unpaired) electrons. The monoisotopic (exact) mass is 343 g/mol. The average molecular weight is 343 g/mol. The van der Waals surface area contributed by atoms with Crippen LogP contribution in [0.5, 0.6) is 0 Å².